The third-order valence-corrected chi connectivity index (χ3v) is 8.80. The van der Waals surface area contributed by atoms with Gasteiger partial charge in [-0.2, -0.15) is 5.10 Å². The highest BCUT2D eigenvalue weighted by atomic mass is 16.6. The average Bonchev–Trinajstić information content (AvgIpc) is 3.49. The maximum Gasteiger partial charge on any atom is 0.310 e. The third kappa shape index (κ3) is 7.13. The summed E-state index contributed by atoms with van der Waals surface area (Å²) in [5.74, 6) is -2.14. The SMILES string of the molecule is CC[C@@H]1C[C@]1(CC(=O)[C@@H]1C[C@@H](Oc2nncc3cc(OC)ccc23)CN1C(=O)[C@@H](CC(=O)OC(C)(C)C)C(C)(C)C)C(=O)O. The average molecular weight is 612 g/mol. The molecular weight excluding hydrogens is 566 g/mol. The van der Waals surface area contributed by atoms with Gasteiger partial charge in [-0.05, 0) is 56.7 Å². The number of carboxylic acid groups (broad SMARTS) is 1. The summed E-state index contributed by atoms with van der Waals surface area (Å²) in [4.78, 5) is 54.8. The van der Waals surface area contributed by atoms with E-state index >= 15 is 0 Å². The van der Waals surface area contributed by atoms with Crippen molar-refractivity contribution in [2.24, 2.45) is 22.7 Å². The summed E-state index contributed by atoms with van der Waals surface area (Å²) in [6.45, 7) is 12.9. The number of aliphatic carboxylic acids is 1. The number of carbonyl (C=O) groups excluding carboxylic acids is 3. The first-order valence-corrected chi connectivity index (χ1v) is 15.2. The van der Waals surface area contributed by atoms with E-state index in [0.717, 1.165) is 5.39 Å². The number of hydrogen-bond donors (Lipinski definition) is 1. The fourth-order valence-electron chi connectivity index (χ4n) is 6.26. The molecule has 5 atom stereocenters. The minimum atomic E-state index is -1.11. The van der Waals surface area contributed by atoms with Gasteiger partial charge in [-0.15, -0.1) is 5.10 Å². The number of fused-ring (bicyclic) bond motifs is 1. The normalized spacial score (nSPS) is 24.1. The van der Waals surface area contributed by atoms with Crippen molar-refractivity contribution in [2.75, 3.05) is 13.7 Å². The molecule has 1 aliphatic carbocycles. The Kier molecular flexibility index (Phi) is 9.28. The van der Waals surface area contributed by atoms with Crippen LogP contribution >= 0.6 is 0 Å². The molecule has 1 aliphatic heterocycles. The van der Waals surface area contributed by atoms with Crippen LogP contribution in [-0.2, 0) is 23.9 Å². The molecule has 240 valence electrons. The van der Waals surface area contributed by atoms with Gasteiger partial charge in [-0.1, -0.05) is 34.1 Å². The van der Waals surface area contributed by atoms with E-state index in [1.807, 2.05) is 39.8 Å². The summed E-state index contributed by atoms with van der Waals surface area (Å²) < 4.78 is 17.2. The maximum atomic E-state index is 14.3. The van der Waals surface area contributed by atoms with Crippen molar-refractivity contribution in [1.29, 1.82) is 0 Å². The number of esters is 1. The van der Waals surface area contributed by atoms with Crippen LogP contribution in [-0.4, -0.2) is 75.2 Å². The van der Waals surface area contributed by atoms with Gasteiger partial charge >= 0.3 is 11.9 Å². The summed E-state index contributed by atoms with van der Waals surface area (Å²) in [6, 6.07) is 4.49. The summed E-state index contributed by atoms with van der Waals surface area (Å²) in [7, 11) is 1.57. The lowest BCUT2D eigenvalue weighted by atomic mass is 9.77. The van der Waals surface area contributed by atoms with E-state index in [-0.39, 0.29) is 49.3 Å². The van der Waals surface area contributed by atoms with E-state index in [1.54, 1.807) is 40.1 Å². The van der Waals surface area contributed by atoms with Crippen molar-refractivity contribution in [3.63, 3.8) is 0 Å². The highest BCUT2D eigenvalue weighted by Crippen LogP contribution is 2.57. The topological polar surface area (TPSA) is 145 Å². The van der Waals surface area contributed by atoms with Crippen molar-refractivity contribution in [2.45, 2.75) is 98.3 Å². The number of Topliss-reactive ketones (excluding diaryl/α,β-unsaturated/α-hetero) is 1. The van der Waals surface area contributed by atoms with E-state index < -0.39 is 46.4 Å². The van der Waals surface area contributed by atoms with E-state index in [0.29, 0.717) is 24.0 Å². The van der Waals surface area contributed by atoms with Crippen LogP contribution in [0.2, 0.25) is 0 Å². The van der Waals surface area contributed by atoms with Gasteiger partial charge in [0.05, 0.1) is 43.6 Å². The molecule has 1 aromatic heterocycles. The van der Waals surface area contributed by atoms with Gasteiger partial charge in [0.25, 0.3) is 0 Å². The minimum absolute atomic E-state index is 0.0711. The van der Waals surface area contributed by atoms with Gasteiger partial charge in [-0.25, -0.2) is 0 Å². The molecule has 1 saturated heterocycles. The van der Waals surface area contributed by atoms with Gasteiger partial charge in [0.2, 0.25) is 11.8 Å². The Labute approximate surface area is 258 Å². The molecule has 4 rings (SSSR count). The first-order valence-electron chi connectivity index (χ1n) is 15.2. The number of carboxylic acids is 1. The molecule has 11 nitrogen and oxygen atoms in total. The van der Waals surface area contributed by atoms with E-state index in [2.05, 4.69) is 10.2 Å². The maximum absolute atomic E-state index is 14.3. The third-order valence-electron chi connectivity index (χ3n) is 8.80. The molecule has 0 radical (unpaired) electrons. The zero-order valence-electron chi connectivity index (χ0n) is 27.0. The fraction of sp³-hybridized carbons (Fsp3) is 0.636. The Morgan fingerprint density at radius 2 is 1.84 bits per heavy atom. The van der Waals surface area contributed by atoms with Gasteiger partial charge < -0.3 is 24.2 Å². The van der Waals surface area contributed by atoms with E-state index in [9.17, 15) is 24.3 Å². The standard InChI is InChI=1S/C33H45N3O8/c1-9-20-15-33(20,30(40)41)16-26(37)25-13-22(43-28-23-11-10-21(42-8)12-19(23)17-34-35-28)18-36(25)29(39)24(31(2,3)4)14-27(38)44-32(5,6)7/h10-12,17,20,22,24-25H,9,13-16,18H2,1-8H3,(H,40,41)/t20-,22-,24-,25+,33-/m1/s1. The number of ketones is 1. The Balaban J connectivity index is 1.64. The molecule has 2 aliphatic rings. The number of benzene rings is 1. The zero-order valence-corrected chi connectivity index (χ0v) is 27.0. The number of carbonyl (C=O) groups is 4. The van der Waals surface area contributed by atoms with Crippen molar-refractivity contribution < 1.29 is 38.5 Å². The van der Waals surface area contributed by atoms with Crippen molar-refractivity contribution in [3.8, 4) is 11.6 Å². The van der Waals surface area contributed by atoms with Crippen LogP contribution in [0.3, 0.4) is 0 Å². The fourth-order valence-corrected chi connectivity index (χ4v) is 6.26. The summed E-state index contributed by atoms with van der Waals surface area (Å²) >= 11 is 0. The van der Waals surface area contributed by atoms with Gasteiger partial charge in [0, 0.05) is 23.6 Å². The predicted octanol–water partition coefficient (Wildman–Crippen LogP) is 4.84. The first kappa shape index (κ1) is 33.1. The minimum Gasteiger partial charge on any atom is -0.497 e. The number of nitrogens with zero attached hydrogens (tertiary/aromatic N) is 3. The van der Waals surface area contributed by atoms with E-state index in [4.69, 9.17) is 14.2 Å². The second-order valence-electron chi connectivity index (χ2n) is 14.2. The molecule has 1 saturated carbocycles. The molecule has 1 N–H and O–H groups in total. The molecule has 44 heavy (non-hydrogen) atoms. The predicted molar refractivity (Wildman–Crippen MR) is 162 cm³/mol. The lowest BCUT2D eigenvalue weighted by molar-refractivity contribution is -0.161. The molecule has 11 heteroatoms. The quantitative estimate of drug-likeness (QED) is 0.350. The smallest absolute Gasteiger partial charge is 0.310 e. The highest BCUT2D eigenvalue weighted by molar-refractivity contribution is 5.95. The Bertz CT molecular complexity index is 1430. The lowest BCUT2D eigenvalue weighted by Gasteiger charge is -2.35. The number of likely N-dealkylation sites (tertiary alicyclic amines) is 1. The Hall–Kier alpha value is -3.76. The lowest BCUT2D eigenvalue weighted by Crippen LogP contribution is -2.48. The summed E-state index contributed by atoms with van der Waals surface area (Å²) in [6.07, 6.45) is 1.91. The molecule has 1 amide bonds. The Morgan fingerprint density at radius 3 is 2.41 bits per heavy atom. The molecular formula is C33H45N3O8. The van der Waals surface area contributed by atoms with Crippen LogP contribution in [0.1, 0.15) is 80.6 Å². The number of aromatic nitrogens is 2. The number of ether oxygens (including phenoxy) is 3. The second kappa shape index (κ2) is 12.3. The van der Waals surface area contributed by atoms with Crippen LogP contribution in [0.15, 0.2) is 24.4 Å². The van der Waals surface area contributed by atoms with Gasteiger partial charge in [0.1, 0.15) is 17.5 Å². The highest BCUT2D eigenvalue weighted by Gasteiger charge is 2.61. The van der Waals surface area contributed by atoms with E-state index in [1.165, 1.54) is 4.90 Å². The zero-order chi connectivity index (χ0) is 32.6. The van der Waals surface area contributed by atoms with Gasteiger partial charge in [-0.3, -0.25) is 19.2 Å². The largest absolute Gasteiger partial charge is 0.497 e. The molecule has 0 unspecified atom stereocenters. The second-order valence-corrected chi connectivity index (χ2v) is 14.2. The molecule has 2 heterocycles. The summed E-state index contributed by atoms with van der Waals surface area (Å²) in [5, 5.41) is 19.7. The first-order chi connectivity index (χ1) is 20.5. The number of rotatable bonds is 11. The van der Waals surface area contributed by atoms with Crippen LogP contribution in [0.25, 0.3) is 10.8 Å². The van der Waals surface area contributed by atoms with Gasteiger partial charge in [0.15, 0.2) is 5.78 Å². The van der Waals surface area contributed by atoms with Crippen LogP contribution in [0.4, 0.5) is 0 Å². The molecule has 2 aromatic rings. The number of amides is 1. The van der Waals surface area contributed by atoms with Crippen molar-refractivity contribution in [1.82, 2.24) is 15.1 Å². The van der Waals surface area contributed by atoms with Crippen LogP contribution < -0.4 is 9.47 Å². The molecule has 1 aromatic carbocycles. The van der Waals surface area contributed by atoms with Crippen LogP contribution in [0.5, 0.6) is 11.6 Å². The number of methoxy groups -OCH3 is 1. The molecule has 0 spiro atoms. The number of hydrogen-bond acceptors (Lipinski definition) is 9. The van der Waals surface area contributed by atoms with Crippen molar-refractivity contribution >= 4 is 34.4 Å². The molecule has 2 fully saturated rings. The van der Waals surface area contributed by atoms with Crippen molar-refractivity contribution in [3.05, 3.63) is 24.4 Å². The monoisotopic (exact) mass is 611 g/mol. The molecule has 0 bridgehead atoms. The summed E-state index contributed by atoms with van der Waals surface area (Å²) in [5.41, 5.74) is -2.46. The van der Waals surface area contributed by atoms with Crippen LogP contribution in [0, 0.1) is 22.7 Å². The Morgan fingerprint density at radius 1 is 1.14 bits per heavy atom.